The molecule has 3 aliphatic rings. The number of hydrazine groups is 1. The number of aromatic nitrogens is 1. The van der Waals surface area contributed by atoms with E-state index in [1.807, 2.05) is 31.2 Å². The van der Waals surface area contributed by atoms with E-state index in [1.165, 1.54) is 18.0 Å². The van der Waals surface area contributed by atoms with Crippen LogP contribution < -0.4 is 16.1 Å². The Labute approximate surface area is 274 Å². The van der Waals surface area contributed by atoms with E-state index in [1.54, 1.807) is 26.0 Å². The summed E-state index contributed by atoms with van der Waals surface area (Å²) in [6.45, 7) is 6.62. The number of sulfonamides is 1. The first-order chi connectivity index (χ1) is 22.2. The number of benzene rings is 1. The summed E-state index contributed by atoms with van der Waals surface area (Å²) >= 11 is 0. The lowest BCUT2D eigenvalue weighted by molar-refractivity contribution is -0.182. The van der Waals surface area contributed by atoms with Crippen LogP contribution in [0.5, 0.6) is 0 Å². The average Bonchev–Trinajstić information content (AvgIpc) is 3.04. The third-order valence-corrected chi connectivity index (χ3v) is 9.86. The Morgan fingerprint density at radius 2 is 1.72 bits per heavy atom. The molecule has 3 N–H and O–H groups in total. The number of esters is 1. The maximum atomic E-state index is 14.0. The van der Waals surface area contributed by atoms with Gasteiger partial charge >= 0.3 is 5.97 Å². The van der Waals surface area contributed by atoms with E-state index in [0.717, 1.165) is 15.9 Å². The van der Waals surface area contributed by atoms with Crippen molar-refractivity contribution in [3.63, 3.8) is 0 Å². The standard InChI is InChI=1S/C32H42N6O8S/c1-19(2)27-29(40)34-21(4)30(41)38-14-6-7-25(36-38)28(39)33-20(3)24-11-10-23-9-8-22(17-26(23)35-24)12-13-32(31(42)46-27)18-37(15-16-45-32)47(5,43)44/h8-13,17,19-21,25,27,36H,6-7,14-16,18H2,1-5H3,(H,33,39)(H,34,40)/t20-,21+,25+,27+,32?/m1/s1. The molecule has 1 aromatic carbocycles. The van der Waals surface area contributed by atoms with E-state index in [2.05, 4.69) is 16.1 Å². The summed E-state index contributed by atoms with van der Waals surface area (Å²) in [5, 5.41) is 7.80. The average molecular weight is 671 g/mol. The normalized spacial score (nSPS) is 28.8. The summed E-state index contributed by atoms with van der Waals surface area (Å²) in [4.78, 5) is 58.9. The van der Waals surface area contributed by atoms with Gasteiger partial charge in [-0.05, 0) is 56.4 Å². The van der Waals surface area contributed by atoms with Crippen LogP contribution in [0, 0.1) is 5.92 Å². The molecule has 2 fully saturated rings. The second-order valence-corrected chi connectivity index (χ2v) is 14.7. The Kier molecular flexibility index (Phi) is 10.0. The second-order valence-electron chi connectivity index (χ2n) is 12.7. The Balaban J connectivity index is 1.57. The SMILES string of the molecule is CC(C)[C@@H]1OC(=O)C2(C=Cc3ccc4ccc(nc4c3)[C@@H](C)NC(=O)[C@@H]3CCCN(N3)C(=O)[C@H](C)NC1=O)CN(S(C)(=O)=O)CCO2. The predicted octanol–water partition coefficient (Wildman–Crippen LogP) is 1.04. The third kappa shape index (κ3) is 7.64. The smallest absolute Gasteiger partial charge is 0.344 e. The van der Waals surface area contributed by atoms with Crippen LogP contribution in [-0.2, 0) is 38.7 Å². The molecule has 5 bridgehead atoms. The van der Waals surface area contributed by atoms with Crippen molar-refractivity contribution < 1.29 is 37.1 Å². The predicted molar refractivity (Wildman–Crippen MR) is 173 cm³/mol. The summed E-state index contributed by atoms with van der Waals surface area (Å²) in [5.41, 5.74) is 3.03. The van der Waals surface area contributed by atoms with Crippen LogP contribution >= 0.6 is 0 Å². The number of rotatable bonds is 2. The number of amides is 3. The second kappa shape index (κ2) is 13.7. The molecule has 3 aliphatic heterocycles. The number of morpholine rings is 1. The van der Waals surface area contributed by atoms with Gasteiger partial charge in [-0.3, -0.25) is 24.4 Å². The number of carbonyl (C=O) groups is 4. The zero-order valence-corrected chi connectivity index (χ0v) is 28.0. The van der Waals surface area contributed by atoms with Gasteiger partial charge in [0.25, 0.3) is 11.8 Å². The van der Waals surface area contributed by atoms with Gasteiger partial charge < -0.3 is 20.1 Å². The maximum Gasteiger partial charge on any atom is 0.344 e. The van der Waals surface area contributed by atoms with E-state index in [-0.39, 0.29) is 25.6 Å². The number of hydrogen-bond acceptors (Lipinski definition) is 10. The molecule has 2 saturated heterocycles. The summed E-state index contributed by atoms with van der Waals surface area (Å²) in [5.74, 6) is -2.91. The highest BCUT2D eigenvalue weighted by molar-refractivity contribution is 7.88. The summed E-state index contributed by atoms with van der Waals surface area (Å²) in [6.07, 6.45) is 3.87. The number of carbonyl (C=O) groups excluding carboxylic acids is 4. The Bertz CT molecular complexity index is 1700. The lowest BCUT2D eigenvalue weighted by Gasteiger charge is -2.39. The number of pyridine rings is 1. The first-order valence-corrected chi connectivity index (χ1v) is 17.6. The summed E-state index contributed by atoms with van der Waals surface area (Å²) in [7, 11) is -3.71. The van der Waals surface area contributed by atoms with Crippen LogP contribution in [0.2, 0.25) is 0 Å². The van der Waals surface area contributed by atoms with Gasteiger partial charge in [-0.2, -0.15) is 4.31 Å². The number of ether oxygens (including phenoxy) is 2. The van der Waals surface area contributed by atoms with Crippen molar-refractivity contribution in [3.05, 3.63) is 47.7 Å². The van der Waals surface area contributed by atoms with Gasteiger partial charge in [0, 0.05) is 18.5 Å². The molecular weight excluding hydrogens is 628 g/mol. The van der Waals surface area contributed by atoms with Gasteiger partial charge in [0.1, 0.15) is 12.1 Å². The van der Waals surface area contributed by atoms with Gasteiger partial charge in [0.15, 0.2) is 11.7 Å². The molecule has 15 heteroatoms. The fourth-order valence-corrected chi connectivity index (χ4v) is 6.67. The third-order valence-electron chi connectivity index (χ3n) is 8.61. The van der Waals surface area contributed by atoms with Crippen LogP contribution in [0.1, 0.15) is 57.8 Å². The van der Waals surface area contributed by atoms with Crippen LogP contribution in [-0.4, -0.2) is 103 Å². The minimum Gasteiger partial charge on any atom is -0.450 e. The zero-order valence-electron chi connectivity index (χ0n) is 27.2. The molecule has 1 spiro atoms. The molecule has 3 amide bonds. The molecule has 1 unspecified atom stereocenters. The number of fused-ring (bicyclic) bond motifs is 4. The van der Waals surface area contributed by atoms with Gasteiger partial charge in [-0.1, -0.05) is 38.1 Å². The van der Waals surface area contributed by atoms with Crippen molar-refractivity contribution in [1.29, 1.82) is 0 Å². The van der Waals surface area contributed by atoms with Crippen LogP contribution in [0.3, 0.4) is 0 Å². The molecule has 2 aromatic rings. The molecule has 4 heterocycles. The minimum absolute atomic E-state index is 0.0399. The Morgan fingerprint density at radius 3 is 2.45 bits per heavy atom. The van der Waals surface area contributed by atoms with E-state index >= 15 is 0 Å². The van der Waals surface area contributed by atoms with Crippen molar-refractivity contribution in [1.82, 2.24) is 30.4 Å². The highest BCUT2D eigenvalue weighted by Gasteiger charge is 2.47. The van der Waals surface area contributed by atoms with E-state index in [0.29, 0.717) is 36.2 Å². The molecule has 254 valence electrons. The molecule has 5 rings (SSSR count). The Hall–Kier alpha value is -3.92. The molecule has 0 saturated carbocycles. The highest BCUT2D eigenvalue weighted by atomic mass is 32.2. The number of nitrogens with zero attached hydrogens (tertiary/aromatic N) is 3. The lowest BCUT2D eigenvalue weighted by Crippen LogP contribution is -2.61. The van der Waals surface area contributed by atoms with Gasteiger partial charge in [0.2, 0.25) is 15.9 Å². The fraction of sp³-hybridized carbons (Fsp3) is 0.531. The lowest BCUT2D eigenvalue weighted by atomic mass is 9.99. The van der Waals surface area contributed by atoms with E-state index < -0.39 is 63.6 Å². The van der Waals surface area contributed by atoms with Crippen molar-refractivity contribution >= 4 is 50.7 Å². The van der Waals surface area contributed by atoms with E-state index in [9.17, 15) is 27.6 Å². The molecule has 5 atom stereocenters. The number of hydrogen-bond donors (Lipinski definition) is 3. The van der Waals surface area contributed by atoms with E-state index in [4.69, 9.17) is 14.5 Å². The first kappa shape index (κ1) is 34.4. The van der Waals surface area contributed by atoms with Crippen molar-refractivity contribution in [2.45, 2.75) is 70.4 Å². The zero-order chi connectivity index (χ0) is 34.1. The maximum absolute atomic E-state index is 14.0. The summed E-state index contributed by atoms with van der Waals surface area (Å²) in [6, 6.07) is 7.07. The Morgan fingerprint density at radius 1 is 1.00 bits per heavy atom. The molecule has 0 aliphatic carbocycles. The largest absolute Gasteiger partial charge is 0.450 e. The number of cyclic esters (lactones) is 1. The summed E-state index contributed by atoms with van der Waals surface area (Å²) < 4.78 is 38.0. The van der Waals surface area contributed by atoms with Crippen LogP contribution in [0.4, 0.5) is 0 Å². The quantitative estimate of drug-likeness (QED) is 0.392. The highest BCUT2D eigenvalue weighted by Crippen LogP contribution is 2.27. The molecule has 1 aromatic heterocycles. The molecular formula is C32H42N6O8S. The van der Waals surface area contributed by atoms with Crippen LogP contribution in [0.25, 0.3) is 17.0 Å². The van der Waals surface area contributed by atoms with Crippen LogP contribution in [0.15, 0.2) is 36.4 Å². The monoisotopic (exact) mass is 670 g/mol. The van der Waals surface area contributed by atoms with Crippen molar-refractivity contribution in [2.24, 2.45) is 5.92 Å². The molecule has 14 nitrogen and oxygen atoms in total. The minimum atomic E-state index is -3.71. The topological polar surface area (TPSA) is 176 Å². The number of nitrogens with one attached hydrogen (secondary N) is 3. The fourth-order valence-electron chi connectivity index (χ4n) is 5.84. The van der Waals surface area contributed by atoms with Gasteiger partial charge in [-0.25, -0.2) is 18.6 Å². The van der Waals surface area contributed by atoms with Crippen molar-refractivity contribution in [2.75, 3.05) is 32.5 Å². The van der Waals surface area contributed by atoms with Gasteiger partial charge in [0.05, 0.1) is 36.7 Å². The molecule has 47 heavy (non-hydrogen) atoms. The molecule has 0 radical (unpaired) electrons. The van der Waals surface area contributed by atoms with Crippen molar-refractivity contribution in [3.8, 4) is 0 Å². The first-order valence-electron chi connectivity index (χ1n) is 15.8. The van der Waals surface area contributed by atoms with Gasteiger partial charge in [-0.15, -0.1) is 0 Å².